The number of nitrogens with zero attached hydrogens (tertiary/aromatic N) is 1. The second kappa shape index (κ2) is 3.48. The first-order valence-corrected chi connectivity index (χ1v) is 6.28. The molecule has 15 heavy (non-hydrogen) atoms. The van der Waals surface area contributed by atoms with E-state index in [0.29, 0.717) is 17.9 Å². The van der Waals surface area contributed by atoms with E-state index < -0.39 is 0 Å². The number of hydrogen-bond acceptors (Lipinski definition) is 2. The minimum atomic E-state index is 0.325. The van der Waals surface area contributed by atoms with Crippen molar-refractivity contribution >= 4 is 5.91 Å². The maximum absolute atomic E-state index is 12.2. The van der Waals surface area contributed by atoms with Crippen molar-refractivity contribution in [1.82, 2.24) is 4.90 Å². The molecule has 3 rings (SSSR count). The van der Waals surface area contributed by atoms with Gasteiger partial charge in [0.1, 0.15) is 0 Å². The molecule has 3 heteroatoms. The number of fused-ring (bicyclic) bond motifs is 1. The lowest BCUT2D eigenvalue weighted by Gasteiger charge is -2.32. The molecule has 3 aliphatic rings. The first-order valence-electron chi connectivity index (χ1n) is 6.28. The predicted octanol–water partition coefficient (Wildman–Crippen LogP) is 0.982. The van der Waals surface area contributed by atoms with Gasteiger partial charge in [0.05, 0.1) is 0 Å². The Morgan fingerprint density at radius 3 is 2.27 bits per heavy atom. The fourth-order valence-electron chi connectivity index (χ4n) is 3.29. The van der Waals surface area contributed by atoms with Crippen LogP contribution in [0.15, 0.2) is 0 Å². The number of carbonyl (C=O) groups is 1. The average molecular weight is 208 g/mol. The summed E-state index contributed by atoms with van der Waals surface area (Å²) in [6, 6.07) is 0.325. The van der Waals surface area contributed by atoms with E-state index in [1.165, 1.54) is 19.3 Å². The van der Waals surface area contributed by atoms with Crippen LogP contribution in [0.5, 0.6) is 0 Å². The maximum Gasteiger partial charge on any atom is 0.225 e. The zero-order valence-electron chi connectivity index (χ0n) is 9.19. The molecular formula is C12H20N2O. The second-order valence-electron chi connectivity index (χ2n) is 5.59. The molecule has 2 atom stereocenters. The highest BCUT2D eigenvalue weighted by molar-refractivity contribution is 5.79. The lowest BCUT2D eigenvalue weighted by atomic mass is 9.99. The van der Waals surface area contributed by atoms with Gasteiger partial charge in [0, 0.05) is 25.0 Å². The van der Waals surface area contributed by atoms with Crippen LogP contribution in [0.3, 0.4) is 0 Å². The van der Waals surface area contributed by atoms with Crippen molar-refractivity contribution in [3.63, 3.8) is 0 Å². The van der Waals surface area contributed by atoms with Gasteiger partial charge in [0.15, 0.2) is 0 Å². The van der Waals surface area contributed by atoms with Crippen LogP contribution >= 0.6 is 0 Å². The molecule has 0 aromatic heterocycles. The molecule has 2 unspecified atom stereocenters. The summed E-state index contributed by atoms with van der Waals surface area (Å²) in [6.45, 7) is 1.79. The quantitative estimate of drug-likeness (QED) is 0.698. The predicted molar refractivity (Wildman–Crippen MR) is 58.1 cm³/mol. The Bertz CT molecular complexity index is 261. The molecule has 1 aliphatic heterocycles. The normalized spacial score (nSPS) is 40.3. The van der Waals surface area contributed by atoms with Gasteiger partial charge in [-0.15, -0.1) is 0 Å². The van der Waals surface area contributed by atoms with E-state index in [2.05, 4.69) is 4.90 Å². The second-order valence-corrected chi connectivity index (χ2v) is 5.59. The molecule has 0 aromatic rings. The van der Waals surface area contributed by atoms with Crippen molar-refractivity contribution in [2.75, 3.05) is 13.1 Å². The van der Waals surface area contributed by atoms with E-state index in [0.717, 1.165) is 37.8 Å². The van der Waals surface area contributed by atoms with Crippen LogP contribution in [-0.2, 0) is 4.79 Å². The molecule has 2 saturated carbocycles. The average Bonchev–Trinajstić information content (AvgIpc) is 2.86. The number of nitrogens with two attached hydrogens (primary N) is 1. The van der Waals surface area contributed by atoms with Crippen molar-refractivity contribution in [1.29, 1.82) is 0 Å². The smallest absolute Gasteiger partial charge is 0.225 e. The van der Waals surface area contributed by atoms with Gasteiger partial charge in [-0.3, -0.25) is 4.79 Å². The molecule has 1 amide bonds. The Morgan fingerprint density at radius 1 is 1.07 bits per heavy atom. The maximum atomic E-state index is 12.2. The van der Waals surface area contributed by atoms with Crippen LogP contribution in [0, 0.1) is 17.8 Å². The first kappa shape index (κ1) is 9.64. The summed E-state index contributed by atoms with van der Waals surface area (Å²) in [6.07, 6.45) is 5.73. The van der Waals surface area contributed by atoms with E-state index in [9.17, 15) is 4.79 Å². The van der Waals surface area contributed by atoms with Gasteiger partial charge < -0.3 is 10.6 Å². The highest BCUT2D eigenvalue weighted by Gasteiger charge is 2.48. The molecule has 0 spiro atoms. The summed E-state index contributed by atoms with van der Waals surface area (Å²) in [4.78, 5) is 14.2. The highest BCUT2D eigenvalue weighted by Crippen LogP contribution is 2.54. The van der Waals surface area contributed by atoms with Gasteiger partial charge in [-0.25, -0.2) is 0 Å². The van der Waals surface area contributed by atoms with E-state index in [-0.39, 0.29) is 0 Å². The Labute approximate surface area is 91.0 Å². The van der Waals surface area contributed by atoms with Gasteiger partial charge in [-0.2, -0.15) is 0 Å². The fraction of sp³-hybridized carbons (Fsp3) is 0.917. The third-order valence-corrected chi connectivity index (χ3v) is 4.44. The number of carbonyl (C=O) groups excluding carboxylic acids is 1. The Morgan fingerprint density at radius 2 is 1.67 bits per heavy atom. The summed E-state index contributed by atoms with van der Waals surface area (Å²) in [5, 5.41) is 0. The molecule has 0 radical (unpaired) electrons. The Hall–Kier alpha value is -0.570. The van der Waals surface area contributed by atoms with Crippen LogP contribution < -0.4 is 5.73 Å². The number of hydrogen-bond donors (Lipinski definition) is 1. The van der Waals surface area contributed by atoms with Gasteiger partial charge in [-0.1, -0.05) is 0 Å². The highest BCUT2D eigenvalue weighted by atomic mass is 16.2. The summed E-state index contributed by atoms with van der Waals surface area (Å²) in [5.74, 6) is 2.61. The van der Waals surface area contributed by atoms with E-state index >= 15 is 0 Å². The Balaban J connectivity index is 1.55. The van der Waals surface area contributed by atoms with Crippen LogP contribution in [0.1, 0.15) is 32.1 Å². The molecule has 84 valence electrons. The van der Waals surface area contributed by atoms with Crippen LogP contribution in [0.25, 0.3) is 0 Å². The number of amides is 1. The number of piperidine rings is 1. The molecule has 3 fully saturated rings. The number of likely N-dealkylation sites (tertiary alicyclic amines) is 1. The topological polar surface area (TPSA) is 46.3 Å². The lowest BCUT2D eigenvalue weighted by molar-refractivity contribution is -0.136. The molecule has 1 saturated heterocycles. The van der Waals surface area contributed by atoms with Crippen molar-refractivity contribution in [2.24, 2.45) is 23.5 Å². The minimum absolute atomic E-state index is 0.325. The van der Waals surface area contributed by atoms with Crippen molar-refractivity contribution < 1.29 is 4.79 Å². The fourth-order valence-corrected chi connectivity index (χ4v) is 3.29. The molecule has 2 N–H and O–H groups in total. The van der Waals surface area contributed by atoms with Crippen LogP contribution in [0.4, 0.5) is 0 Å². The van der Waals surface area contributed by atoms with Gasteiger partial charge in [-0.05, 0) is 43.9 Å². The van der Waals surface area contributed by atoms with Gasteiger partial charge >= 0.3 is 0 Å². The van der Waals surface area contributed by atoms with Gasteiger partial charge in [0.25, 0.3) is 0 Å². The molecule has 0 aromatic carbocycles. The van der Waals surface area contributed by atoms with Crippen molar-refractivity contribution in [3.8, 4) is 0 Å². The van der Waals surface area contributed by atoms with Gasteiger partial charge in [0.2, 0.25) is 5.91 Å². The third kappa shape index (κ3) is 1.78. The van der Waals surface area contributed by atoms with E-state index in [4.69, 9.17) is 5.73 Å². The molecule has 2 aliphatic carbocycles. The van der Waals surface area contributed by atoms with Crippen LogP contribution in [-0.4, -0.2) is 29.9 Å². The Kier molecular flexibility index (Phi) is 2.23. The lowest BCUT2D eigenvalue weighted by Crippen LogP contribution is -2.45. The molecule has 3 nitrogen and oxygen atoms in total. The van der Waals surface area contributed by atoms with Crippen LogP contribution in [0.2, 0.25) is 0 Å². The SMILES string of the molecule is NC1CCN(C(=O)C2CC3CC3C2)CC1. The van der Waals surface area contributed by atoms with Crippen molar-refractivity contribution in [3.05, 3.63) is 0 Å². The number of rotatable bonds is 1. The molecule has 0 bridgehead atoms. The summed E-state index contributed by atoms with van der Waals surface area (Å²) in [5.41, 5.74) is 5.84. The van der Waals surface area contributed by atoms with E-state index in [1.807, 2.05) is 0 Å². The monoisotopic (exact) mass is 208 g/mol. The third-order valence-electron chi connectivity index (χ3n) is 4.44. The molecule has 1 heterocycles. The summed E-state index contributed by atoms with van der Waals surface area (Å²) >= 11 is 0. The van der Waals surface area contributed by atoms with Crippen molar-refractivity contribution in [2.45, 2.75) is 38.1 Å². The zero-order chi connectivity index (χ0) is 10.4. The largest absolute Gasteiger partial charge is 0.342 e. The van der Waals surface area contributed by atoms with E-state index in [1.54, 1.807) is 0 Å². The minimum Gasteiger partial charge on any atom is -0.342 e. The summed E-state index contributed by atoms with van der Waals surface area (Å²) in [7, 11) is 0. The molecular weight excluding hydrogens is 188 g/mol. The first-order chi connectivity index (χ1) is 7.24. The standard InChI is InChI=1S/C12H20N2O/c13-11-1-3-14(4-2-11)12(15)10-6-8-5-9(8)7-10/h8-11H,1-7,13H2. The summed E-state index contributed by atoms with van der Waals surface area (Å²) < 4.78 is 0. The zero-order valence-corrected chi connectivity index (χ0v) is 9.19.